The molecule has 0 spiro atoms. The van der Waals surface area contributed by atoms with Gasteiger partial charge in [-0.3, -0.25) is 4.79 Å². The van der Waals surface area contributed by atoms with E-state index in [4.69, 9.17) is 11.6 Å². The second-order valence-electron chi connectivity index (χ2n) is 5.38. The van der Waals surface area contributed by atoms with Gasteiger partial charge in [-0.1, -0.05) is 30.0 Å². The Labute approximate surface area is 138 Å². The second-order valence-corrected chi connectivity index (χ2v) is 9.01. The third kappa shape index (κ3) is 2.89. The maximum atomic E-state index is 11.9. The van der Waals surface area contributed by atoms with Gasteiger partial charge in [0.05, 0.1) is 17.5 Å². The number of hydrogen-bond donors (Lipinski definition) is 0. The molecule has 5 nitrogen and oxygen atoms in total. The van der Waals surface area contributed by atoms with E-state index in [1.54, 1.807) is 0 Å². The first kappa shape index (κ1) is 15.8. The maximum Gasteiger partial charge on any atom is 0.262 e. The largest absolute Gasteiger partial charge is 0.315 e. The SMILES string of the molecule is Cc1ccccc1N1C(=NC(=O)CCl)SC2CS(=O)(=O)CC21. The van der Waals surface area contributed by atoms with E-state index >= 15 is 0 Å². The lowest BCUT2D eigenvalue weighted by Gasteiger charge is -2.26. The van der Waals surface area contributed by atoms with E-state index in [0.717, 1.165) is 11.3 Å². The van der Waals surface area contributed by atoms with Crippen molar-refractivity contribution in [2.24, 2.45) is 4.99 Å². The Hall–Kier alpha value is -1.05. The van der Waals surface area contributed by atoms with Crippen molar-refractivity contribution in [2.45, 2.75) is 18.2 Å². The lowest BCUT2D eigenvalue weighted by atomic mass is 10.1. The third-order valence-electron chi connectivity index (χ3n) is 3.78. The monoisotopic (exact) mass is 358 g/mol. The second kappa shape index (κ2) is 5.86. The Balaban J connectivity index is 2.05. The van der Waals surface area contributed by atoms with Crippen LogP contribution in [0.25, 0.3) is 0 Å². The Morgan fingerprint density at radius 3 is 2.82 bits per heavy atom. The first-order valence-corrected chi connectivity index (χ1v) is 10.0. The maximum absolute atomic E-state index is 11.9. The van der Waals surface area contributed by atoms with Crippen molar-refractivity contribution in [2.75, 3.05) is 22.3 Å². The molecule has 0 radical (unpaired) electrons. The molecule has 0 aliphatic carbocycles. The number of rotatable bonds is 2. The molecule has 1 amide bonds. The van der Waals surface area contributed by atoms with Gasteiger partial charge in [0.25, 0.3) is 5.91 Å². The molecule has 118 valence electrons. The van der Waals surface area contributed by atoms with Crippen molar-refractivity contribution in [3.63, 3.8) is 0 Å². The fraction of sp³-hybridized carbons (Fsp3) is 0.429. The summed E-state index contributed by atoms with van der Waals surface area (Å²) in [6.07, 6.45) is 0. The average molecular weight is 359 g/mol. The number of alkyl halides is 1. The fourth-order valence-electron chi connectivity index (χ4n) is 2.82. The Bertz CT molecular complexity index is 748. The summed E-state index contributed by atoms with van der Waals surface area (Å²) in [5.41, 5.74) is 1.90. The van der Waals surface area contributed by atoms with E-state index in [9.17, 15) is 13.2 Å². The van der Waals surface area contributed by atoms with Crippen LogP contribution in [0.5, 0.6) is 0 Å². The lowest BCUT2D eigenvalue weighted by Crippen LogP contribution is -2.38. The number of nitrogens with zero attached hydrogens (tertiary/aromatic N) is 2. The van der Waals surface area contributed by atoms with Gasteiger partial charge in [0.15, 0.2) is 15.0 Å². The van der Waals surface area contributed by atoms with E-state index < -0.39 is 15.7 Å². The Kier molecular flexibility index (Phi) is 4.22. The van der Waals surface area contributed by atoms with Crippen LogP contribution in [0.2, 0.25) is 0 Å². The first-order chi connectivity index (χ1) is 10.4. The molecule has 1 aromatic rings. The van der Waals surface area contributed by atoms with Crippen LogP contribution >= 0.6 is 23.4 Å². The molecule has 0 aromatic heterocycles. The fourth-order valence-corrected chi connectivity index (χ4v) is 6.80. The number of amides is 1. The smallest absolute Gasteiger partial charge is 0.262 e. The van der Waals surface area contributed by atoms with Gasteiger partial charge in [0.2, 0.25) is 0 Å². The van der Waals surface area contributed by atoms with Crippen LogP contribution in [0.15, 0.2) is 29.3 Å². The van der Waals surface area contributed by atoms with Gasteiger partial charge in [0.1, 0.15) is 5.88 Å². The molecule has 2 atom stereocenters. The van der Waals surface area contributed by atoms with Gasteiger partial charge in [-0.15, -0.1) is 11.6 Å². The molecule has 0 N–H and O–H groups in total. The molecule has 0 bridgehead atoms. The van der Waals surface area contributed by atoms with Crippen LogP contribution < -0.4 is 4.90 Å². The summed E-state index contributed by atoms with van der Waals surface area (Å²) in [4.78, 5) is 17.6. The summed E-state index contributed by atoms with van der Waals surface area (Å²) >= 11 is 6.90. The highest BCUT2D eigenvalue weighted by Gasteiger charge is 2.49. The van der Waals surface area contributed by atoms with Crippen molar-refractivity contribution < 1.29 is 13.2 Å². The highest BCUT2D eigenvalue weighted by Crippen LogP contribution is 2.41. The van der Waals surface area contributed by atoms with Crippen LogP contribution in [0, 0.1) is 6.92 Å². The van der Waals surface area contributed by atoms with Crippen molar-refractivity contribution in [1.82, 2.24) is 0 Å². The summed E-state index contributed by atoms with van der Waals surface area (Å²) in [5.74, 6) is -0.379. The highest BCUT2D eigenvalue weighted by atomic mass is 35.5. The molecule has 2 saturated heterocycles. The van der Waals surface area contributed by atoms with Crippen LogP contribution in [0.3, 0.4) is 0 Å². The number of aryl methyl sites for hydroxylation is 1. The van der Waals surface area contributed by atoms with E-state index in [1.807, 2.05) is 36.1 Å². The number of para-hydroxylation sites is 1. The zero-order valence-corrected chi connectivity index (χ0v) is 14.3. The summed E-state index contributed by atoms with van der Waals surface area (Å²) in [6.45, 7) is 1.96. The average Bonchev–Trinajstić information content (AvgIpc) is 2.91. The summed E-state index contributed by atoms with van der Waals surface area (Å²) in [6, 6.07) is 7.51. The third-order valence-corrected chi connectivity index (χ3v) is 7.21. The summed E-state index contributed by atoms with van der Waals surface area (Å²) in [7, 11) is -3.05. The zero-order chi connectivity index (χ0) is 15.9. The Morgan fingerprint density at radius 2 is 2.14 bits per heavy atom. The quantitative estimate of drug-likeness (QED) is 0.754. The zero-order valence-electron chi connectivity index (χ0n) is 11.9. The van der Waals surface area contributed by atoms with Gasteiger partial charge in [-0.2, -0.15) is 4.99 Å². The number of carbonyl (C=O) groups is 1. The molecular weight excluding hydrogens is 344 g/mol. The van der Waals surface area contributed by atoms with Crippen molar-refractivity contribution in [1.29, 1.82) is 0 Å². The van der Waals surface area contributed by atoms with E-state index in [0.29, 0.717) is 5.17 Å². The number of benzene rings is 1. The molecule has 2 fully saturated rings. The molecule has 2 heterocycles. The number of amidine groups is 1. The van der Waals surface area contributed by atoms with Crippen LogP contribution in [0.1, 0.15) is 5.56 Å². The molecule has 2 aliphatic rings. The van der Waals surface area contributed by atoms with Gasteiger partial charge in [-0.25, -0.2) is 8.42 Å². The number of thioether (sulfide) groups is 1. The molecular formula is C14H15ClN2O3S2. The molecule has 1 aromatic carbocycles. The minimum atomic E-state index is -3.05. The minimum absolute atomic E-state index is 0.0904. The molecule has 3 rings (SSSR count). The molecule has 2 aliphatic heterocycles. The minimum Gasteiger partial charge on any atom is -0.315 e. The Morgan fingerprint density at radius 1 is 1.41 bits per heavy atom. The van der Waals surface area contributed by atoms with Crippen LogP contribution in [-0.4, -0.2) is 48.2 Å². The van der Waals surface area contributed by atoms with E-state index in [2.05, 4.69) is 4.99 Å². The summed E-state index contributed by atoms with van der Waals surface area (Å²) in [5, 5.41) is 0.455. The van der Waals surface area contributed by atoms with Gasteiger partial charge in [0, 0.05) is 10.9 Å². The predicted molar refractivity (Wildman–Crippen MR) is 90.6 cm³/mol. The van der Waals surface area contributed by atoms with Crippen molar-refractivity contribution in [3.05, 3.63) is 29.8 Å². The van der Waals surface area contributed by atoms with Crippen molar-refractivity contribution in [3.8, 4) is 0 Å². The molecule has 2 unspecified atom stereocenters. The van der Waals surface area contributed by atoms with Crippen molar-refractivity contribution >= 4 is 50.0 Å². The molecule has 22 heavy (non-hydrogen) atoms. The first-order valence-electron chi connectivity index (χ1n) is 6.81. The highest BCUT2D eigenvalue weighted by molar-refractivity contribution is 8.16. The number of anilines is 1. The van der Waals surface area contributed by atoms with Gasteiger partial charge in [-0.05, 0) is 18.6 Å². The lowest BCUT2D eigenvalue weighted by molar-refractivity contribution is -0.115. The standard InChI is InChI=1S/C14H15ClN2O3S2/c1-9-4-2-3-5-10(9)17-11-7-22(19,20)8-12(11)21-14(17)16-13(18)6-15/h2-5,11-12H,6-8H2,1H3. The predicted octanol–water partition coefficient (Wildman–Crippen LogP) is 1.84. The number of carbonyl (C=O) groups excluding carboxylic acids is 1. The van der Waals surface area contributed by atoms with E-state index in [-0.39, 0.29) is 28.7 Å². The topological polar surface area (TPSA) is 66.8 Å². The molecule has 8 heteroatoms. The number of aliphatic imine (C=N–C) groups is 1. The van der Waals surface area contributed by atoms with Crippen LogP contribution in [-0.2, 0) is 14.6 Å². The van der Waals surface area contributed by atoms with Crippen LogP contribution in [0.4, 0.5) is 5.69 Å². The normalized spacial score (nSPS) is 28.1. The number of fused-ring (bicyclic) bond motifs is 1. The molecule has 0 saturated carbocycles. The number of hydrogen-bond acceptors (Lipinski definition) is 4. The van der Waals surface area contributed by atoms with Gasteiger partial charge < -0.3 is 4.90 Å². The van der Waals surface area contributed by atoms with E-state index in [1.165, 1.54) is 11.8 Å². The number of halogens is 1. The summed E-state index contributed by atoms with van der Waals surface area (Å²) < 4.78 is 23.8. The van der Waals surface area contributed by atoms with Gasteiger partial charge >= 0.3 is 0 Å². The number of sulfone groups is 1.